The normalized spacial score (nSPS) is 13.4. The lowest BCUT2D eigenvalue weighted by Crippen LogP contribution is -2.39. The maximum atomic E-state index is 12.0. The first-order valence-corrected chi connectivity index (χ1v) is 7.65. The Bertz CT molecular complexity index is 681. The average molecular weight is 316 g/mol. The molecule has 0 spiro atoms. The van der Waals surface area contributed by atoms with Gasteiger partial charge in [0.2, 0.25) is 0 Å². The van der Waals surface area contributed by atoms with Crippen molar-refractivity contribution in [3.05, 3.63) is 52.8 Å². The van der Waals surface area contributed by atoms with Gasteiger partial charge in [0, 0.05) is 25.4 Å². The van der Waals surface area contributed by atoms with Gasteiger partial charge in [-0.15, -0.1) is 0 Å². The van der Waals surface area contributed by atoms with Crippen molar-refractivity contribution in [3.8, 4) is 0 Å². The number of aliphatic hydroxyl groups is 1. The zero-order chi connectivity index (χ0) is 17.0. The Kier molecular flexibility index (Phi) is 5.39. The van der Waals surface area contributed by atoms with Crippen LogP contribution in [0.2, 0.25) is 0 Å². The molecule has 0 saturated carbocycles. The molecule has 2 rings (SSSR count). The number of aryl methyl sites for hydroxylation is 3. The van der Waals surface area contributed by atoms with Gasteiger partial charge in [0.25, 0.3) is 0 Å². The summed E-state index contributed by atoms with van der Waals surface area (Å²) in [7, 11) is 1.78. The third-order valence-electron chi connectivity index (χ3n) is 3.81. The third-order valence-corrected chi connectivity index (χ3v) is 3.81. The summed E-state index contributed by atoms with van der Waals surface area (Å²) in [5, 5.41) is 19.6. The zero-order valence-electron chi connectivity index (χ0n) is 14.0. The van der Waals surface area contributed by atoms with E-state index < -0.39 is 6.10 Å². The lowest BCUT2D eigenvalue weighted by Gasteiger charge is -2.18. The van der Waals surface area contributed by atoms with E-state index in [9.17, 15) is 9.90 Å². The number of aliphatic hydroxyl groups excluding tert-OH is 1. The number of amides is 2. The molecule has 0 aliphatic heterocycles. The maximum absolute atomic E-state index is 12.0. The van der Waals surface area contributed by atoms with Gasteiger partial charge in [-0.2, -0.15) is 5.10 Å². The highest BCUT2D eigenvalue weighted by Gasteiger charge is 2.14. The predicted molar refractivity (Wildman–Crippen MR) is 89.0 cm³/mol. The van der Waals surface area contributed by atoms with Crippen molar-refractivity contribution in [3.63, 3.8) is 0 Å². The van der Waals surface area contributed by atoms with Crippen molar-refractivity contribution in [1.29, 1.82) is 0 Å². The zero-order valence-corrected chi connectivity index (χ0v) is 14.0. The lowest BCUT2D eigenvalue weighted by atomic mass is 10.0. The summed E-state index contributed by atoms with van der Waals surface area (Å²) in [5.41, 5.74) is 4.06. The fourth-order valence-electron chi connectivity index (χ4n) is 2.47. The van der Waals surface area contributed by atoms with E-state index in [0.29, 0.717) is 5.56 Å². The molecule has 2 atom stereocenters. The van der Waals surface area contributed by atoms with E-state index in [1.165, 1.54) is 0 Å². The van der Waals surface area contributed by atoms with Crippen LogP contribution in [-0.4, -0.2) is 27.5 Å². The van der Waals surface area contributed by atoms with Gasteiger partial charge in [-0.25, -0.2) is 4.79 Å². The first-order chi connectivity index (χ1) is 10.9. The van der Waals surface area contributed by atoms with Crippen LogP contribution < -0.4 is 10.6 Å². The van der Waals surface area contributed by atoms with Crippen molar-refractivity contribution in [2.45, 2.75) is 32.9 Å². The molecule has 0 fully saturated rings. The Morgan fingerprint density at radius 2 is 2.13 bits per heavy atom. The summed E-state index contributed by atoms with van der Waals surface area (Å²) < 4.78 is 1.61. The number of benzene rings is 1. The van der Waals surface area contributed by atoms with Gasteiger partial charge in [0.05, 0.1) is 18.3 Å². The van der Waals surface area contributed by atoms with Gasteiger partial charge in [0.15, 0.2) is 0 Å². The number of carbonyl (C=O) groups is 1. The monoisotopic (exact) mass is 316 g/mol. The van der Waals surface area contributed by atoms with Crippen molar-refractivity contribution in [1.82, 2.24) is 20.4 Å². The van der Waals surface area contributed by atoms with Crippen LogP contribution in [0.4, 0.5) is 4.79 Å². The largest absolute Gasteiger partial charge is 0.386 e. The van der Waals surface area contributed by atoms with E-state index in [1.54, 1.807) is 24.1 Å². The number of nitrogens with zero attached hydrogens (tertiary/aromatic N) is 2. The minimum atomic E-state index is -0.773. The molecule has 2 amide bonds. The smallest absolute Gasteiger partial charge is 0.315 e. The summed E-state index contributed by atoms with van der Waals surface area (Å²) in [5.74, 6) is 0. The second-order valence-corrected chi connectivity index (χ2v) is 5.90. The number of hydrogen-bond acceptors (Lipinski definition) is 3. The summed E-state index contributed by atoms with van der Waals surface area (Å²) >= 11 is 0. The first-order valence-electron chi connectivity index (χ1n) is 7.65. The van der Waals surface area contributed by atoms with E-state index in [4.69, 9.17) is 0 Å². The van der Waals surface area contributed by atoms with E-state index in [-0.39, 0.29) is 18.6 Å². The molecule has 6 heteroatoms. The van der Waals surface area contributed by atoms with Crippen molar-refractivity contribution < 1.29 is 9.90 Å². The number of urea groups is 1. The Hall–Kier alpha value is -2.34. The Balaban J connectivity index is 1.88. The molecular formula is C17H24N4O2. The molecule has 0 bridgehead atoms. The van der Waals surface area contributed by atoms with E-state index >= 15 is 0 Å². The molecule has 1 aromatic carbocycles. The molecule has 23 heavy (non-hydrogen) atoms. The molecule has 2 aromatic rings. The highest BCUT2D eigenvalue weighted by Crippen LogP contribution is 2.18. The van der Waals surface area contributed by atoms with Crippen LogP contribution in [0, 0.1) is 13.8 Å². The Labute approximate surface area is 136 Å². The van der Waals surface area contributed by atoms with Crippen LogP contribution in [0.3, 0.4) is 0 Å². The fraction of sp³-hybridized carbons (Fsp3) is 0.412. The predicted octanol–water partition coefficient (Wildman–Crippen LogP) is 2.13. The van der Waals surface area contributed by atoms with Gasteiger partial charge >= 0.3 is 6.03 Å². The second-order valence-electron chi connectivity index (χ2n) is 5.90. The molecule has 1 aromatic heterocycles. The first kappa shape index (κ1) is 17.0. The molecule has 0 saturated heterocycles. The standard InChI is InChI=1S/C17H24N4O2/c1-11-5-6-12(2)15(7-11)13(3)20-17(23)18-9-16(22)14-8-19-21(4)10-14/h5-8,10,13,16,22H,9H2,1-4H3,(H2,18,20,23). The summed E-state index contributed by atoms with van der Waals surface area (Å²) in [6, 6.07) is 5.76. The minimum absolute atomic E-state index is 0.106. The topological polar surface area (TPSA) is 79.2 Å². The third kappa shape index (κ3) is 4.56. The lowest BCUT2D eigenvalue weighted by molar-refractivity contribution is 0.172. The van der Waals surface area contributed by atoms with E-state index in [0.717, 1.165) is 16.7 Å². The van der Waals surface area contributed by atoms with Gasteiger partial charge in [-0.1, -0.05) is 23.8 Å². The Morgan fingerprint density at radius 3 is 2.78 bits per heavy atom. The maximum Gasteiger partial charge on any atom is 0.315 e. The molecule has 1 heterocycles. The van der Waals surface area contributed by atoms with Crippen LogP contribution in [0.15, 0.2) is 30.6 Å². The quantitative estimate of drug-likeness (QED) is 0.790. The molecule has 2 unspecified atom stereocenters. The van der Waals surface area contributed by atoms with Gasteiger partial charge in [-0.3, -0.25) is 4.68 Å². The van der Waals surface area contributed by atoms with Crippen molar-refractivity contribution >= 4 is 6.03 Å². The molecule has 0 aliphatic rings. The van der Waals surface area contributed by atoms with E-state index in [2.05, 4.69) is 27.9 Å². The molecule has 0 radical (unpaired) electrons. The highest BCUT2D eigenvalue weighted by molar-refractivity contribution is 5.74. The Morgan fingerprint density at radius 1 is 1.39 bits per heavy atom. The van der Waals surface area contributed by atoms with E-state index in [1.807, 2.05) is 26.8 Å². The van der Waals surface area contributed by atoms with Crippen LogP contribution in [0.1, 0.15) is 41.3 Å². The van der Waals surface area contributed by atoms with Crippen LogP contribution in [0.25, 0.3) is 0 Å². The van der Waals surface area contributed by atoms with Crippen LogP contribution in [-0.2, 0) is 7.05 Å². The summed E-state index contributed by atoms with van der Waals surface area (Å²) in [4.78, 5) is 12.0. The number of rotatable bonds is 5. The van der Waals surface area contributed by atoms with Crippen LogP contribution in [0.5, 0.6) is 0 Å². The molecular weight excluding hydrogens is 292 g/mol. The minimum Gasteiger partial charge on any atom is -0.386 e. The molecule has 124 valence electrons. The number of carbonyl (C=O) groups excluding carboxylic acids is 1. The number of nitrogens with one attached hydrogen (secondary N) is 2. The SMILES string of the molecule is Cc1ccc(C)c(C(C)NC(=O)NCC(O)c2cnn(C)c2)c1. The van der Waals surface area contributed by atoms with Crippen molar-refractivity contribution in [2.24, 2.45) is 7.05 Å². The highest BCUT2D eigenvalue weighted by atomic mass is 16.3. The summed E-state index contributed by atoms with van der Waals surface area (Å²) in [6.45, 7) is 6.13. The number of aromatic nitrogens is 2. The fourth-order valence-corrected chi connectivity index (χ4v) is 2.47. The molecule has 0 aliphatic carbocycles. The second kappa shape index (κ2) is 7.28. The molecule has 6 nitrogen and oxygen atoms in total. The van der Waals surface area contributed by atoms with Gasteiger partial charge in [0.1, 0.15) is 0 Å². The summed E-state index contributed by atoms with van der Waals surface area (Å²) in [6.07, 6.45) is 2.54. The van der Waals surface area contributed by atoms with Crippen LogP contribution >= 0.6 is 0 Å². The number of hydrogen-bond donors (Lipinski definition) is 3. The average Bonchev–Trinajstić information content (AvgIpc) is 2.93. The van der Waals surface area contributed by atoms with Crippen molar-refractivity contribution in [2.75, 3.05) is 6.54 Å². The van der Waals surface area contributed by atoms with Gasteiger partial charge < -0.3 is 15.7 Å². The molecule has 3 N–H and O–H groups in total. The van der Waals surface area contributed by atoms with Gasteiger partial charge in [-0.05, 0) is 31.9 Å².